The predicted molar refractivity (Wildman–Crippen MR) is 91.0 cm³/mol. The van der Waals surface area contributed by atoms with Crippen molar-refractivity contribution in [1.82, 2.24) is 9.71 Å². The molecule has 5 nitrogen and oxygen atoms in total. The lowest BCUT2D eigenvalue weighted by Crippen LogP contribution is -2.36. The van der Waals surface area contributed by atoms with E-state index in [1.165, 1.54) is 0 Å². The van der Waals surface area contributed by atoms with E-state index in [-0.39, 0.29) is 11.4 Å². The summed E-state index contributed by atoms with van der Waals surface area (Å²) in [4.78, 5) is 6.06. The summed E-state index contributed by atoms with van der Waals surface area (Å²) in [6, 6.07) is 10.1. The van der Waals surface area contributed by atoms with Crippen molar-refractivity contribution in [3.8, 4) is 0 Å². The minimum atomic E-state index is -3.58. The standard InChI is InChI=1S/C17H20FN3O2S/c18-15-2-1-11-21(13-15)16-3-5-17(6-4-16)24(22,23)20-12-14-7-9-19-10-8-14/h3-10,15,20H,1-2,11-13H2. The maximum Gasteiger partial charge on any atom is 0.240 e. The number of nitrogens with zero attached hydrogens (tertiary/aromatic N) is 2. The second kappa shape index (κ2) is 7.27. The smallest absolute Gasteiger partial charge is 0.240 e. The molecule has 0 radical (unpaired) electrons. The van der Waals surface area contributed by atoms with Crippen LogP contribution in [-0.4, -0.2) is 32.7 Å². The van der Waals surface area contributed by atoms with Crippen molar-refractivity contribution in [1.29, 1.82) is 0 Å². The van der Waals surface area contributed by atoms with E-state index >= 15 is 0 Å². The van der Waals surface area contributed by atoms with Crippen LogP contribution in [0.15, 0.2) is 53.7 Å². The molecule has 1 saturated heterocycles. The van der Waals surface area contributed by atoms with E-state index in [4.69, 9.17) is 0 Å². The molecule has 1 aliphatic heterocycles. The van der Waals surface area contributed by atoms with Crippen LogP contribution in [-0.2, 0) is 16.6 Å². The summed E-state index contributed by atoms with van der Waals surface area (Å²) in [5.74, 6) is 0. The van der Waals surface area contributed by atoms with Crippen LogP contribution in [0.3, 0.4) is 0 Å². The second-order valence-electron chi connectivity index (χ2n) is 5.86. The number of nitrogens with one attached hydrogen (secondary N) is 1. The summed E-state index contributed by atoms with van der Waals surface area (Å²) in [5.41, 5.74) is 1.69. The summed E-state index contributed by atoms with van der Waals surface area (Å²) in [7, 11) is -3.58. The van der Waals surface area contributed by atoms with Crippen LogP contribution in [0.5, 0.6) is 0 Å². The highest BCUT2D eigenvalue weighted by Gasteiger charge is 2.20. The number of anilines is 1. The lowest BCUT2D eigenvalue weighted by atomic mass is 10.1. The highest BCUT2D eigenvalue weighted by molar-refractivity contribution is 7.89. The van der Waals surface area contributed by atoms with Gasteiger partial charge in [-0.05, 0) is 54.8 Å². The maximum absolute atomic E-state index is 13.5. The Morgan fingerprint density at radius 2 is 1.88 bits per heavy atom. The van der Waals surface area contributed by atoms with E-state index in [1.54, 1.807) is 48.8 Å². The van der Waals surface area contributed by atoms with E-state index in [9.17, 15) is 12.8 Å². The third-order valence-corrected chi connectivity index (χ3v) is 5.51. The van der Waals surface area contributed by atoms with Gasteiger partial charge in [0.2, 0.25) is 10.0 Å². The number of alkyl halides is 1. The number of piperidine rings is 1. The molecule has 1 aromatic carbocycles. The molecule has 3 rings (SSSR count). The molecule has 128 valence electrons. The van der Waals surface area contributed by atoms with Crippen LogP contribution in [0.4, 0.5) is 10.1 Å². The van der Waals surface area contributed by atoms with Gasteiger partial charge in [0.05, 0.1) is 4.90 Å². The summed E-state index contributed by atoms with van der Waals surface area (Å²) in [6.07, 6.45) is 3.84. The number of halogens is 1. The molecule has 1 unspecified atom stereocenters. The highest BCUT2D eigenvalue weighted by Crippen LogP contribution is 2.23. The molecule has 1 N–H and O–H groups in total. The van der Waals surface area contributed by atoms with Gasteiger partial charge in [-0.25, -0.2) is 17.5 Å². The van der Waals surface area contributed by atoms with Crippen molar-refractivity contribution in [3.63, 3.8) is 0 Å². The summed E-state index contributed by atoms with van der Waals surface area (Å²) in [6.45, 7) is 1.38. The third kappa shape index (κ3) is 4.10. The quantitative estimate of drug-likeness (QED) is 0.901. The molecule has 1 atom stereocenters. The molecule has 1 fully saturated rings. The molecular formula is C17H20FN3O2S. The number of hydrogen-bond donors (Lipinski definition) is 1. The zero-order valence-electron chi connectivity index (χ0n) is 13.2. The Morgan fingerprint density at radius 1 is 1.17 bits per heavy atom. The first kappa shape index (κ1) is 16.9. The molecule has 0 bridgehead atoms. The van der Waals surface area contributed by atoms with Crippen LogP contribution in [0, 0.1) is 0 Å². The van der Waals surface area contributed by atoms with E-state index in [0.717, 1.165) is 24.2 Å². The van der Waals surface area contributed by atoms with Crippen LogP contribution >= 0.6 is 0 Å². The number of rotatable bonds is 5. The number of sulfonamides is 1. The van der Waals surface area contributed by atoms with Gasteiger partial charge in [0.25, 0.3) is 0 Å². The molecule has 0 saturated carbocycles. The average Bonchev–Trinajstić information content (AvgIpc) is 2.61. The minimum absolute atomic E-state index is 0.203. The van der Waals surface area contributed by atoms with Gasteiger partial charge in [0.15, 0.2) is 0 Å². The Hall–Kier alpha value is -1.99. The molecule has 0 amide bonds. The monoisotopic (exact) mass is 349 g/mol. The number of pyridine rings is 1. The number of aromatic nitrogens is 1. The minimum Gasteiger partial charge on any atom is -0.369 e. The molecule has 1 aromatic heterocycles. The van der Waals surface area contributed by atoms with Crippen LogP contribution in [0.25, 0.3) is 0 Å². The fourth-order valence-corrected chi connectivity index (χ4v) is 3.78. The zero-order chi connectivity index (χ0) is 17.0. The Morgan fingerprint density at radius 3 is 2.54 bits per heavy atom. The van der Waals surface area contributed by atoms with Crippen molar-refractivity contribution in [2.45, 2.75) is 30.5 Å². The third-order valence-electron chi connectivity index (χ3n) is 4.09. The van der Waals surface area contributed by atoms with Gasteiger partial charge in [-0.1, -0.05) is 0 Å². The van der Waals surface area contributed by atoms with Gasteiger partial charge in [-0.3, -0.25) is 4.98 Å². The molecule has 2 heterocycles. The predicted octanol–water partition coefficient (Wildman–Crippen LogP) is 2.50. The largest absolute Gasteiger partial charge is 0.369 e. The van der Waals surface area contributed by atoms with E-state index in [1.807, 2.05) is 4.90 Å². The molecule has 7 heteroatoms. The second-order valence-corrected chi connectivity index (χ2v) is 7.63. The molecular weight excluding hydrogens is 329 g/mol. The fourth-order valence-electron chi connectivity index (χ4n) is 2.76. The average molecular weight is 349 g/mol. The molecule has 0 aliphatic carbocycles. The van der Waals surface area contributed by atoms with E-state index in [0.29, 0.717) is 13.0 Å². The summed E-state index contributed by atoms with van der Waals surface area (Å²) < 4.78 is 40.8. The SMILES string of the molecule is O=S(=O)(NCc1ccncc1)c1ccc(N2CCCC(F)C2)cc1. The van der Waals surface area contributed by atoms with E-state index < -0.39 is 16.2 Å². The Balaban J connectivity index is 1.67. The first-order valence-electron chi connectivity index (χ1n) is 7.92. The summed E-state index contributed by atoms with van der Waals surface area (Å²) in [5, 5.41) is 0. The van der Waals surface area contributed by atoms with Gasteiger partial charge in [0, 0.05) is 37.7 Å². The maximum atomic E-state index is 13.5. The van der Waals surface area contributed by atoms with Crippen molar-refractivity contribution in [3.05, 3.63) is 54.4 Å². The van der Waals surface area contributed by atoms with Gasteiger partial charge in [-0.15, -0.1) is 0 Å². The van der Waals surface area contributed by atoms with Gasteiger partial charge >= 0.3 is 0 Å². The first-order valence-corrected chi connectivity index (χ1v) is 9.40. The fraction of sp³-hybridized carbons (Fsp3) is 0.353. The lowest BCUT2D eigenvalue weighted by Gasteiger charge is -2.31. The normalized spacial score (nSPS) is 18.5. The molecule has 1 aliphatic rings. The van der Waals surface area contributed by atoms with E-state index in [2.05, 4.69) is 9.71 Å². The van der Waals surface area contributed by atoms with Crippen molar-refractivity contribution < 1.29 is 12.8 Å². The Kier molecular flexibility index (Phi) is 5.11. The topological polar surface area (TPSA) is 62.3 Å². The van der Waals surface area contributed by atoms with Gasteiger partial charge in [-0.2, -0.15) is 0 Å². The Bertz CT molecular complexity index is 766. The number of hydrogen-bond acceptors (Lipinski definition) is 4. The molecule has 0 spiro atoms. The van der Waals surface area contributed by atoms with Crippen molar-refractivity contribution in [2.24, 2.45) is 0 Å². The Labute approximate surface area is 141 Å². The zero-order valence-corrected chi connectivity index (χ0v) is 14.0. The first-order chi connectivity index (χ1) is 11.5. The van der Waals surface area contributed by atoms with Gasteiger partial charge < -0.3 is 4.90 Å². The van der Waals surface area contributed by atoms with Crippen molar-refractivity contribution in [2.75, 3.05) is 18.0 Å². The van der Waals surface area contributed by atoms with Crippen LogP contribution in [0.2, 0.25) is 0 Å². The number of benzene rings is 1. The molecule has 2 aromatic rings. The summed E-state index contributed by atoms with van der Waals surface area (Å²) >= 11 is 0. The van der Waals surface area contributed by atoms with Crippen molar-refractivity contribution >= 4 is 15.7 Å². The highest BCUT2D eigenvalue weighted by atomic mass is 32.2. The molecule has 24 heavy (non-hydrogen) atoms. The van der Waals surface area contributed by atoms with Crippen LogP contribution in [0.1, 0.15) is 18.4 Å². The van der Waals surface area contributed by atoms with Crippen LogP contribution < -0.4 is 9.62 Å². The lowest BCUT2D eigenvalue weighted by molar-refractivity contribution is 0.287. The van der Waals surface area contributed by atoms with Gasteiger partial charge in [0.1, 0.15) is 6.17 Å².